The SMILES string of the molecule is CC(C)(C)OC(=O)N[C@@H]1[C@@H](OCc2ccccc2)[C@H](OCc2ccccc2)[C@@](O)(COCc2ccccc2)[C@@H]1O. The van der Waals surface area contributed by atoms with Crippen LogP contribution in [-0.2, 0) is 38.8 Å². The van der Waals surface area contributed by atoms with Crippen molar-refractivity contribution >= 4 is 6.09 Å². The van der Waals surface area contributed by atoms with E-state index in [1.54, 1.807) is 20.8 Å². The number of hydrogen-bond donors (Lipinski definition) is 3. The van der Waals surface area contributed by atoms with Crippen LogP contribution < -0.4 is 5.32 Å². The maximum absolute atomic E-state index is 12.8. The lowest BCUT2D eigenvalue weighted by Gasteiger charge is -2.33. The summed E-state index contributed by atoms with van der Waals surface area (Å²) in [6, 6.07) is 27.5. The third-order valence-corrected chi connectivity index (χ3v) is 6.68. The molecule has 0 aromatic heterocycles. The van der Waals surface area contributed by atoms with Gasteiger partial charge in [-0.1, -0.05) is 91.0 Å². The molecule has 1 amide bonds. The Balaban J connectivity index is 1.60. The van der Waals surface area contributed by atoms with Gasteiger partial charge in [-0.2, -0.15) is 0 Å². The smallest absolute Gasteiger partial charge is 0.408 e. The summed E-state index contributed by atoms with van der Waals surface area (Å²) in [5.41, 5.74) is 0.0397. The second-order valence-electron chi connectivity index (χ2n) is 11.1. The molecule has 1 aliphatic carbocycles. The zero-order valence-corrected chi connectivity index (χ0v) is 23.2. The molecule has 8 heteroatoms. The highest BCUT2D eigenvalue weighted by molar-refractivity contribution is 5.68. The van der Waals surface area contributed by atoms with Crippen LogP contribution in [0.1, 0.15) is 37.5 Å². The van der Waals surface area contributed by atoms with Gasteiger partial charge in [0.25, 0.3) is 0 Å². The average Bonchev–Trinajstić information content (AvgIpc) is 3.12. The predicted octanol–water partition coefficient (Wildman–Crippen LogP) is 4.37. The number of ether oxygens (including phenoxy) is 4. The summed E-state index contributed by atoms with van der Waals surface area (Å²) in [7, 11) is 0. The molecule has 40 heavy (non-hydrogen) atoms. The van der Waals surface area contributed by atoms with Crippen molar-refractivity contribution in [2.75, 3.05) is 6.61 Å². The quantitative estimate of drug-likeness (QED) is 0.326. The Morgan fingerprint density at radius 3 is 1.77 bits per heavy atom. The molecule has 0 radical (unpaired) electrons. The van der Waals surface area contributed by atoms with Crippen LogP contribution in [-0.4, -0.2) is 58.5 Å². The molecule has 214 valence electrons. The van der Waals surface area contributed by atoms with Gasteiger partial charge in [-0.05, 0) is 37.5 Å². The van der Waals surface area contributed by atoms with Gasteiger partial charge in [0.2, 0.25) is 0 Å². The Morgan fingerprint density at radius 1 is 0.800 bits per heavy atom. The Hall–Kier alpha value is -3.27. The van der Waals surface area contributed by atoms with Gasteiger partial charge in [0.1, 0.15) is 29.5 Å². The molecule has 3 aromatic carbocycles. The van der Waals surface area contributed by atoms with Gasteiger partial charge in [0, 0.05) is 0 Å². The zero-order chi connectivity index (χ0) is 28.6. The highest BCUT2D eigenvalue weighted by Crippen LogP contribution is 2.37. The summed E-state index contributed by atoms with van der Waals surface area (Å²) in [6.07, 6.45) is -4.17. The van der Waals surface area contributed by atoms with Crippen molar-refractivity contribution in [3.63, 3.8) is 0 Å². The van der Waals surface area contributed by atoms with Crippen molar-refractivity contribution in [3.8, 4) is 0 Å². The molecule has 1 saturated carbocycles. The highest BCUT2D eigenvalue weighted by atomic mass is 16.6. The monoisotopic (exact) mass is 549 g/mol. The van der Waals surface area contributed by atoms with Crippen molar-refractivity contribution in [2.24, 2.45) is 0 Å². The first kappa shape index (κ1) is 29.7. The third kappa shape index (κ3) is 7.90. The van der Waals surface area contributed by atoms with Crippen LogP contribution in [0.3, 0.4) is 0 Å². The predicted molar refractivity (Wildman–Crippen MR) is 150 cm³/mol. The number of benzene rings is 3. The summed E-state index contributed by atoms with van der Waals surface area (Å²) >= 11 is 0. The Bertz CT molecular complexity index is 1190. The molecule has 5 atom stereocenters. The number of aliphatic hydroxyl groups is 2. The van der Waals surface area contributed by atoms with E-state index >= 15 is 0 Å². The molecule has 0 saturated heterocycles. The Labute approximate surface area is 235 Å². The van der Waals surface area contributed by atoms with Crippen molar-refractivity contribution < 1.29 is 34.0 Å². The van der Waals surface area contributed by atoms with Crippen molar-refractivity contribution in [1.29, 1.82) is 0 Å². The van der Waals surface area contributed by atoms with Crippen LogP contribution in [0.15, 0.2) is 91.0 Å². The Morgan fingerprint density at radius 2 is 1.27 bits per heavy atom. The number of aliphatic hydroxyl groups excluding tert-OH is 1. The summed E-state index contributed by atoms with van der Waals surface area (Å²) in [5, 5.41) is 26.2. The lowest BCUT2D eigenvalue weighted by atomic mass is 9.97. The van der Waals surface area contributed by atoms with Gasteiger partial charge >= 0.3 is 6.09 Å². The van der Waals surface area contributed by atoms with Gasteiger partial charge in [-0.3, -0.25) is 0 Å². The summed E-state index contributed by atoms with van der Waals surface area (Å²) < 4.78 is 24.0. The van der Waals surface area contributed by atoms with E-state index in [0.717, 1.165) is 16.7 Å². The number of nitrogens with one attached hydrogen (secondary N) is 1. The standard InChI is InChI=1S/C32H39NO7/c1-31(2,3)40-30(35)33-26-27(38-20-24-15-9-5-10-16-24)29(39-21-25-17-11-6-12-18-25)32(36,28(26)34)22-37-19-23-13-7-4-8-14-23/h4-18,26-29,34,36H,19-22H2,1-3H3,(H,33,35)/t26-,27-,28-,29+,32-/m1/s1. The molecule has 3 N–H and O–H groups in total. The van der Waals surface area contributed by atoms with Crippen LogP contribution >= 0.6 is 0 Å². The fourth-order valence-corrected chi connectivity index (χ4v) is 4.77. The first-order chi connectivity index (χ1) is 19.2. The molecular weight excluding hydrogens is 510 g/mol. The fourth-order valence-electron chi connectivity index (χ4n) is 4.77. The number of rotatable bonds is 11. The van der Waals surface area contributed by atoms with Crippen LogP contribution in [0.5, 0.6) is 0 Å². The molecule has 8 nitrogen and oxygen atoms in total. The Kier molecular flexibility index (Phi) is 9.95. The van der Waals surface area contributed by atoms with E-state index in [1.165, 1.54) is 0 Å². The van der Waals surface area contributed by atoms with E-state index in [0.29, 0.717) is 0 Å². The minimum absolute atomic E-state index is 0.156. The molecule has 0 aliphatic heterocycles. The molecule has 0 unspecified atom stereocenters. The molecule has 0 spiro atoms. The van der Waals surface area contributed by atoms with Gasteiger partial charge in [0.15, 0.2) is 0 Å². The number of alkyl carbamates (subject to hydrolysis) is 1. The topological polar surface area (TPSA) is 106 Å². The number of carbonyl (C=O) groups is 1. The van der Waals surface area contributed by atoms with E-state index in [-0.39, 0.29) is 26.4 Å². The highest BCUT2D eigenvalue weighted by Gasteiger charge is 2.62. The second-order valence-corrected chi connectivity index (χ2v) is 11.1. The molecule has 4 rings (SSSR count). The molecule has 0 bridgehead atoms. The van der Waals surface area contributed by atoms with Gasteiger partial charge in [-0.15, -0.1) is 0 Å². The molecule has 1 fully saturated rings. The lowest BCUT2D eigenvalue weighted by molar-refractivity contribution is -0.188. The van der Waals surface area contributed by atoms with E-state index in [4.69, 9.17) is 18.9 Å². The largest absolute Gasteiger partial charge is 0.444 e. The fraction of sp³-hybridized carbons (Fsp3) is 0.406. The van der Waals surface area contributed by atoms with Crippen LogP contribution in [0.4, 0.5) is 4.79 Å². The average molecular weight is 550 g/mol. The minimum atomic E-state index is -1.90. The molecule has 1 aliphatic rings. The van der Waals surface area contributed by atoms with Gasteiger partial charge in [0.05, 0.1) is 32.5 Å². The first-order valence-corrected chi connectivity index (χ1v) is 13.5. The van der Waals surface area contributed by atoms with Crippen molar-refractivity contribution in [2.45, 2.75) is 76.1 Å². The number of hydrogen-bond acceptors (Lipinski definition) is 7. The minimum Gasteiger partial charge on any atom is -0.444 e. The molecule has 3 aromatic rings. The second kappa shape index (κ2) is 13.4. The maximum atomic E-state index is 12.8. The van der Waals surface area contributed by atoms with Crippen LogP contribution in [0.25, 0.3) is 0 Å². The van der Waals surface area contributed by atoms with E-state index in [9.17, 15) is 15.0 Å². The molecule has 0 heterocycles. The summed E-state index contributed by atoms with van der Waals surface area (Å²) in [4.78, 5) is 12.8. The van der Waals surface area contributed by atoms with Crippen molar-refractivity contribution in [1.82, 2.24) is 5.32 Å². The molecular formula is C32H39NO7. The van der Waals surface area contributed by atoms with Gasteiger partial charge < -0.3 is 34.5 Å². The van der Waals surface area contributed by atoms with E-state index in [2.05, 4.69) is 5.32 Å². The first-order valence-electron chi connectivity index (χ1n) is 13.5. The lowest BCUT2D eigenvalue weighted by Crippen LogP contribution is -2.55. The zero-order valence-electron chi connectivity index (χ0n) is 23.2. The van der Waals surface area contributed by atoms with Crippen LogP contribution in [0.2, 0.25) is 0 Å². The maximum Gasteiger partial charge on any atom is 0.408 e. The number of carbonyl (C=O) groups excluding carboxylic acids is 1. The van der Waals surface area contributed by atoms with Crippen LogP contribution in [0, 0.1) is 0 Å². The number of amides is 1. The summed E-state index contributed by atoms with van der Waals surface area (Å²) in [5.74, 6) is 0. The normalized spacial score (nSPS) is 24.5. The third-order valence-electron chi connectivity index (χ3n) is 6.68. The van der Waals surface area contributed by atoms with Gasteiger partial charge in [-0.25, -0.2) is 4.79 Å². The summed E-state index contributed by atoms with van der Waals surface area (Å²) in [6.45, 7) is 5.56. The van der Waals surface area contributed by atoms with E-state index in [1.807, 2.05) is 91.0 Å². The van der Waals surface area contributed by atoms with Crippen molar-refractivity contribution in [3.05, 3.63) is 108 Å². The van der Waals surface area contributed by atoms with E-state index < -0.39 is 41.6 Å².